The summed E-state index contributed by atoms with van der Waals surface area (Å²) in [6, 6.07) is 6.98. The van der Waals surface area contributed by atoms with E-state index in [9.17, 15) is 4.39 Å². The Hall–Kier alpha value is -1.48. The van der Waals surface area contributed by atoms with Crippen LogP contribution >= 0.6 is 0 Å². The van der Waals surface area contributed by atoms with Crippen molar-refractivity contribution in [3.8, 4) is 0 Å². The molecule has 19 heavy (non-hydrogen) atoms. The van der Waals surface area contributed by atoms with E-state index in [1.165, 1.54) is 43.9 Å². The summed E-state index contributed by atoms with van der Waals surface area (Å²) in [5, 5.41) is 4.49. The molecule has 1 aliphatic carbocycles. The molecule has 0 atom stereocenters. The second kappa shape index (κ2) is 4.01. The van der Waals surface area contributed by atoms with Gasteiger partial charge in [0.1, 0.15) is 5.82 Å². The van der Waals surface area contributed by atoms with Crippen LogP contribution in [0.1, 0.15) is 37.2 Å². The minimum Gasteiger partial charge on any atom is -0.308 e. The van der Waals surface area contributed by atoms with Gasteiger partial charge in [-0.05, 0) is 61.4 Å². The molecule has 3 heteroatoms. The first-order valence-electron chi connectivity index (χ1n) is 7.05. The number of fused-ring (bicyclic) bond motifs is 1. The van der Waals surface area contributed by atoms with Crippen LogP contribution in [0.3, 0.4) is 0 Å². The maximum Gasteiger partial charge on any atom is 0.123 e. The molecule has 98 valence electrons. The third-order valence-electron chi connectivity index (χ3n) is 4.80. The lowest BCUT2D eigenvalue weighted by Crippen LogP contribution is -2.23. The van der Waals surface area contributed by atoms with Crippen molar-refractivity contribution >= 4 is 10.9 Å². The normalized spacial score (nSPS) is 29.8. The van der Waals surface area contributed by atoms with Gasteiger partial charge in [0.2, 0.25) is 0 Å². The molecule has 0 amide bonds. The van der Waals surface area contributed by atoms with Crippen LogP contribution in [0.4, 0.5) is 4.39 Å². The number of rotatable bonds is 1. The van der Waals surface area contributed by atoms with Crippen LogP contribution in [-0.2, 0) is 0 Å². The lowest BCUT2D eigenvalue weighted by atomic mass is 9.77. The summed E-state index contributed by atoms with van der Waals surface area (Å²) in [4.78, 5) is 4.34. The summed E-state index contributed by atoms with van der Waals surface area (Å²) < 4.78 is 13.5. The van der Waals surface area contributed by atoms with Crippen LogP contribution in [0.25, 0.3) is 10.9 Å². The van der Waals surface area contributed by atoms with Crippen molar-refractivity contribution in [1.29, 1.82) is 0 Å². The van der Waals surface area contributed by atoms with Crippen molar-refractivity contribution in [2.24, 2.45) is 0 Å². The smallest absolute Gasteiger partial charge is 0.123 e. The van der Waals surface area contributed by atoms with Crippen molar-refractivity contribution in [3.05, 3.63) is 41.8 Å². The Morgan fingerprint density at radius 2 is 2.00 bits per heavy atom. The molecule has 1 saturated heterocycles. The zero-order chi connectivity index (χ0) is 12.9. The lowest BCUT2D eigenvalue weighted by molar-refractivity contribution is 0.371. The van der Waals surface area contributed by atoms with Gasteiger partial charge in [0.15, 0.2) is 0 Å². The van der Waals surface area contributed by atoms with Gasteiger partial charge in [-0.1, -0.05) is 0 Å². The summed E-state index contributed by atoms with van der Waals surface area (Å²) in [6.45, 7) is 1.19. The van der Waals surface area contributed by atoms with Crippen LogP contribution in [-0.4, -0.2) is 17.1 Å². The highest BCUT2D eigenvalue weighted by molar-refractivity contribution is 5.82. The SMILES string of the molecule is Fc1ccc2nccc(C3CCC4(CC3)CN4)c2c1. The van der Waals surface area contributed by atoms with E-state index in [0.29, 0.717) is 11.5 Å². The first kappa shape index (κ1) is 11.4. The first-order valence-corrected chi connectivity index (χ1v) is 7.05. The zero-order valence-electron chi connectivity index (χ0n) is 10.8. The van der Waals surface area contributed by atoms with E-state index in [2.05, 4.69) is 16.4 Å². The predicted molar refractivity (Wildman–Crippen MR) is 73.6 cm³/mol. The van der Waals surface area contributed by atoms with Crippen LogP contribution in [0.15, 0.2) is 30.5 Å². The molecule has 0 radical (unpaired) electrons. The van der Waals surface area contributed by atoms with Gasteiger partial charge in [-0.15, -0.1) is 0 Å². The van der Waals surface area contributed by atoms with Gasteiger partial charge in [-0.25, -0.2) is 4.39 Å². The third-order valence-corrected chi connectivity index (χ3v) is 4.80. The van der Waals surface area contributed by atoms with E-state index in [1.807, 2.05) is 6.20 Å². The molecule has 0 unspecified atom stereocenters. The molecule has 2 heterocycles. The molecule has 2 aliphatic rings. The third kappa shape index (κ3) is 1.93. The maximum atomic E-state index is 13.5. The van der Waals surface area contributed by atoms with Crippen LogP contribution in [0, 0.1) is 5.82 Å². The number of nitrogens with one attached hydrogen (secondary N) is 1. The van der Waals surface area contributed by atoms with E-state index >= 15 is 0 Å². The molecule has 1 N–H and O–H groups in total. The Balaban J connectivity index is 1.72. The highest BCUT2D eigenvalue weighted by atomic mass is 19.1. The van der Waals surface area contributed by atoms with Gasteiger partial charge in [-0.2, -0.15) is 0 Å². The maximum absolute atomic E-state index is 13.5. The van der Waals surface area contributed by atoms with Gasteiger partial charge >= 0.3 is 0 Å². The minimum absolute atomic E-state index is 0.169. The molecule has 2 aromatic rings. The molecule has 4 rings (SSSR count). The average molecular weight is 256 g/mol. The summed E-state index contributed by atoms with van der Waals surface area (Å²) in [5.41, 5.74) is 2.65. The van der Waals surface area contributed by atoms with E-state index in [1.54, 1.807) is 12.1 Å². The quantitative estimate of drug-likeness (QED) is 0.794. The molecular weight excluding hydrogens is 239 g/mol. The Morgan fingerprint density at radius 3 is 2.74 bits per heavy atom. The van der Waals surface area contributed by atoms with Crippen LogP contribution in [0.5, 0.6) is 0 Å². The second-order valence-corrected chi connectivity index (χ2v) is 5.97. The molecule has 1 saturated carbocycles. The Bertz CT molecular complexity index is 624. The number of hydrogen-bond donors (Lipinski definition) is 1. The van der Waals surface area contributed by atoms with E-state index in [0.717, 1.165) is 10.9 Å². The molecule has 1 spiro atoms. The first-order chi connectivity index (χ1) is 9.26. The van der Waals surface area contributed by atoms with Crippen LogP contribution < -0.4 is 5.32 Å². The standard InChI is InChI=1S/C16H17FN2/c17-12-1-2-15-14(9-12)13(5-8-18-15)11-3-6-16(7-4-11)10-19-16/h1-2,5,8-9,11,19H,3-4,6-7,10H2. The predicted octanol–water partition coefficient (Wildman–Crippen LogP) is 3.37. The number of hydrogen-bond acceptors (Lipinski definition) is 2. The second-order valence-electron chi connectivity index (χ2n) is 5.97. The Morgan fingerprint density at radius 1 is 1.21 bits per heavy atom. The lowest BCUT2D eigenvalue weighted by Gasteiger charge is -2.28. The van der Waals surface area contributed by atoms with Crippen molar-refractivity contribution in [2.75, 3.05) is 6.54 Å². The fraction of sp³-hybridized carbons (Fsp3) is 0.438. The van der Waals surface area contributed by atoms with Gasteiger partial charge < -0.3 is 5.32 Å². The molecular formula is C16H17FN2. The van der Waals surface area contributed by atoms with Gasteiger partial charge in [0.25, 0.3) is 0 Å². The Labute approximate surface area is 112 Å². The number of halogens is 1. The molecule has 1 aromatic carbocycles. The number of nitrogens with zero attached hydrogens (tertiary/aromatic N) is 1. The van der Waals surface area contributed by atoms with E-state index in [4.69, 9.17) is 0 Å². The van der Waals surface area contributed by atoms with Gasteiger partial charge in [-0.3, -0.25) is 4.98 Å². The monoisotopic (exact) mass is 256 g/mol. The highest BCUT2D eigenvalue weighted by Gasteiger charge is 2.44. The van der Waals surface area contributed by atoms with E-state index in [-0.39, 0.29) is 5.82 Å². The van der Waals surface area contributed by atoms with Crippen molar-refractivity contribution < 1.29 is 4.39 Å². The van der Waals surface area contributed by atoms with Crippen LogP contribution in [0.2, 0.25) is 0 Å². The largest absolute Gasteiger partial charge is 0.308 e. The minimum atomic E-state index is -0.169. The zero-order valence-corrected chi connectivity index (χ0v) is 10.8. The van der Waals surface area contributed by atoms with Gasteiger partial charge in [0.05, 0.1) is 5.52 Å². The fourth-order valence-electron chi connectivity index (χ4n) is 3.46. The summed E-state index contributed by atoms with van der Waals surface area (Å²) in [5.74, 6) is 0.387. The summed E-state index contributed by atoms with van der Waals surface area (Å²) in [6.07, 6.45) is 6.74. The number of pyridine rings is 1. The molecule has 1 aromatic heterocycles. The molecule has 0 bridgehead atoms. The average Bonchev–Trinajstić information content (AvgIpc) is 3.19. The van der Waals surface area contributed by atoms with Crippen molar-refractivity contribution in [1.82, 2.24) is 10.3 Å². The van der Waals surface area contributed by atoms with Crippen molar-refractivity contribution in [3.63, 3.8) is 0 Å². The van der Waals surface area contributed by atoms with Gasteiger partial charge in [0, 0.05) is 23.7 Å². The summed E-state index contributed by atoms with van der Waals surface area (Å²) >= 11 is 0. The fourth-order valence-corrected chi connectivity index (χ4v) is 3.46. The number of aromatic nitrogens is 1. The molecule has 2 nitrogen and oxygen atoms in total. The summed E-state index contributed by atoms with van der Waals surface area (Å²) in [7, 11) is 0. The Kier molecular flexibility index (Phi) is 2.39. The topological polar surface area (TPSA) is 34.8 Å². The number of benzene rings is 1. The van der Waals surface area contributed by atoms with Crippen molar-refractivity contribution in [2.45, 2.75) is 37.1 Å². The highest BCUT2D eigenvalue weighted by Crippen LogP contribution is 2.43. The molecule has 1 aliphatic heterocycles. The van der Waals surface area contributed by atoms with E-state index < -0.39 is 0 Å². The molecule has 2 fully saturated rings.